The molecule has 0 saturated carbocycles. The molecule has 13 heavy (non-hydrogen) atoms. The highest BCUT2D eigenvalue weighted by Crippen LogP contribution is 2.15. The Hall–Kier alpha value is -0.770. The first kappa shape index (κ1) is 10.3. The lowest BCUT2D eigenvalue weighted by atomic mass is 10.2. The number of carbonyl (C=O) groups excluding carboxylic acids is 1. The van der Waals surface area contributed by atoms with Gasteiger partial charge in [0.2, 0.25) is 0 Å². The van der Waals surface area contributed by atoms with Crippen LogP contribution in [0.1, 0.15) is 13.3 Å². The molecule has 1 unspecified atom stereocenters. The summed E-state index contributed by atoms with van der Waals surface area (Å²) < 4.78 is 9.76. The van der Waals surface area contributed by atoms with Gasteiger partial charge in [-0.3, -0.25) is 0 Å². The highest BCUT2D eigenvalue weighted by atomic mass is 16.6. The van der Waals surface area contributed by atoms with E-state index in [-0.39, 0.29) is 6.09 Å². The largest absolute Gasteiger partial charge is 0.447 e. The van der Waals surface area contributed by atoms with Crippen LogP contribution in [0.5, 0.6) is 0 Å². The van der Waals surface area contributed by atoms with Gasteiger partial charge in [0.25, 0.3) is 0 Å². The minimum Gasteiger partial charge on any atom is -0.447 e. The van der Waals surface area contributed by atoms with Crippen molar-refractivity contribution in [2.75, 3.05) is 33.4 Å². The van der Waals surface area contributed by atoms with E-state index in [2.05, 4.69) is 6.92 Å². The van der Waals surface area contributed by atoms with Crippen LogP contribution in [0.2, 0.25) is 0 Å². The molecule has 1 heterocycles. The van der Waals surface area contributed by atoms with Crippen LogP contribution in [0.3, 0.4) is 0 Å². The van der Waals surface area contributed by atoms with Gasteiger partial charge in [0.05, 0.1) is 6.61 Å². The summed E-state index contributed by atoms with van der Waals surface area (Å²) in [7, 11) is 1.59. The van der Waals surface area contributed by atoms with Gasteiger partial charge in [-0.25, -0.2) is 4.79 Å². The second-order valence-electron chi connectivity index (χ2n) is 3.45. The molecule has 0 aromatic rings. The van der Waals surface area contributed by atoms with Gasteiger partial charge in [-0.1, -0.05) is 6.92 Å². The number of carbonyl (C=O) groups is 1. The van der Waals surface area contributed by atoms with Gasteiger partial charge in [0, 0.05) is 20.2 Å². The Morgan fingerprint density at radius 3 is 2.85 bits per heavy atom. The first-order valence-electron chi connectivity index (χ1n) is 4.64. The van der Waals surface area contributed by atoms with Crippen LogP contribution in [0, 0.1) is 5.92 Å². The zero-order valence-corrected chi connectivity index (χ0v) is 8.28. The highest BCUT2D eigenvalue weighted by molar-refractivity contribution is 5.67. The number of likely N-dealkylation sites (tertiary alicyclic amines) is 1. The topological polar surface area (TPSA) is 38.8 Å². The fourth-order valence-electron chi connectivity index (χ4n) is 1.40. The molecule has 1 rings (SSSR count). The Labute approximate surface area is 78.8 Å². The van der Waals surface area contributed by atoms with Crippen LogP contribution < -0.4 is 0 Å². The molecule has 1 aliphatic rings. The molecule has 76 valence electrons. The van der Waals surface area contributed by atoms with Crippen molar-refractivity contribution in [3.63, 3.8) is 0 Å². The third-order valence-electron chi connectivity index (χ3n) is 2.20. The maximum atomic E-state index is 11.3. The Bertz CT molecular complexity index is 172. The van der Waals surface area contributed by atoms with E-state index in [1.165, 1.54) is 0 Å². The van der Waals surface area contributed by atoms with Gasteiger partial charge in [-0.2, -0.15) is 0 Å². The smallest absolute Gasteiger partial charge is 0.409 e. The lowest BCUT2D eigenvalue weighted by Crippen LogP contribution is -2.29. The van der Waals surface area contributed by atoms with Gasteiger partial charge in [-0.05, 0) is 12.3 Å². The summed E-state index contributed by atoms with van der Waals surface area (Å²) in [5.41, 5.74) is 0. The Balaban J connectivity index is 2.16. The lowest BCUT2D eigenvalue weighted by molar-refractivity contribution is 0.0762. The predicted octanol–water partition coefficient (Wildman–Crippen LogP) is 1.11. The fourth-order valence-corrected chi connectivity index (χ4v) is 1.40. The number of amides is 1. The maximum Gasteiger partial charge on any atom is 0.409 e. The molecule has 1 saturated heterocycles. The minimum absolute atomic E-state index is 0.207. The molecule has 1 fully saturated rings. The van der Waals surface area contributed by atoms with E-state index < -0.39 is 0 Å². The first-order valence-corrected chi connectivity index (χ1v) is 4.64. The summed E-state index contributed by atoms with van der Waals surface area (Å²) in [4.78, 5) is 13.1. The first-order chi connectivity index (χ1) is 6.24. The number of ether oxygens (including phenoxy) is 2. The molecule has 0 aromatic carbocycles. The van der Waals surface area contributed by atoms with Crippen molar-refractivity contribution in [3.05, 3.63) is 0 Å². The SMILES string of the molecule is COCCOC(=O)N1CCC(C)C1. The summed E-state index contributed by atoms with van der Waals surface area (Å²) in [5, 5.41) is 0. The van der Waals surface area contributed by atoms with Crippen molar-refractivity contribution in [2.45, 2.75) is 13.3 Å². The summed E-state index contributed by atoms with van der Waals surface area (Å²) in [6.07, 6.45) is 0.876. The minimum atomic E-state index is -0.207. The van der Waals surface area contributed by atoms with Crippen molar-refractivity contribution >= 4 is 6.09 Å². The molecule has 0 bridgehead atoms. The van der Waals surface area contributed by atoms with E-state index in [4.69, 9.17) is 9.47 Å². The second-order valence-corrected chi connectivity index (χ2v) is 3.45. The molecule has 1 amide bonds. The monoisotopic (exact) mass is 187 g/mol. The van der Waals surface area contributed by atoms with E-state index in [9.17, 15) is 4.79 Å². The van der Waals surface area contributed by atoms with Crippen LogP contribution in [0.4, 0.5) is 4.79 Å². The molecule has 1 aliphatic heterocycles. The molecule has 0 aliphatic carbocycles. The van der Waals surface area contributed by atoms with Gasteiger partial charge >= 0.3 is 6.09 Å². The van der Waals surface area contributed by atoms with Crippen LogP contribution in [0.25, 0.3) is 0 Å². The quantitative estimate of drug-likeness (QED) is 0.621. The Morgan fingerprint density at radius 2 is 2.31 bits per heavy atom. The third kappa shape index (κ3) is 3.22. The maximum absolute atomic E-state index is 11.3. The molecule has 0 aromatic heterocycles. The second kappa shape index (κ2) is 5.07. The molecule has 0 radical (unpaired) electrons. The summed E-state index contributed by atoms with van der Waals surface area (Å²) in [5.74, 6) is 0.606. The third-order valence-corrected chi connectivity index (χ3v) is 2.20. The zero-order chi connectivity index (χ0) is 9.68. The van der Waals surface area contributed by atoms with Crippen molar-refractivity contribution in [1.82, 2.24) is 4.90 Å². The summed E-state index contributed by atoms with van der Waals surface area (Å²) in [6.45, 7) is 4.61. The van der Waals surface area contributed by atoms with E-state index in [1.807, 2.05) is 0 Å². The number of rotatable bonds is 3. The molecule has 4 nitrogen and oxygen atoms in total. The average Bonchev–Trinajstić information content (AvgIpc) is 2.52. The molecule has 0 spiro atoms. The molecular weight excluding hydrogens is 170 g/mol. The number of methoxy groups -OCH3 is 1. The van der Waals surface area contributed by atoms with Crippen LogP contribution in [-0.4, -0.2) is 44.4 Å². The normalized spacial score (nSPS) is 22.0. The van der Waals surface area contributed by atoms with Gasteiger partial charge in [-0.15, -0.1) is 0 Å². The van der Waals surface area contributed by atoms with Crippen molar-refractivity contribution < 1.29 is 14.3 Å². The van der Waals surface area contributed by atoms with Gasteiger partial charge < -0.3 is 14.4 Å². The van der Waals surface area contributed by atoms with Gasteiger partial charge in [0.15, 0.2) is 0 Å². The highest BCUT2D eigenvalue weighted by Gasteiger charge is 2.23. The van der Waals surface area contributed by atoms with Crippen LogP contribution in [-0.2, 0) is 9.47 Å². The molecule has 4 heteroatoms. The van der Waals surface area contributed by atoms with E-state index in [0.717, 1.165) is 19.5 Å². The molecular formula is C9H17NO3. The standard InChI is InChI=1S/C9H17NO3/c1-8-3-4-10(7-8)9(11)13-6-5-12-2/h8H,3-7H2,1-2H3. The van der Waals surface area contributed by atoms with Crippen molar-refractivity contribution in [1.29, 1.82) is 0 Å². The Morgan fingerprint density at radius 1 is 1.54 bits per heavy atom. The van der Waals surface area contributed by atoms with Gasteiger partial charge in [0.1, 0.15) is 6.61 Å². The molecule has 0 N–H and O–H groups in total. The van der Waals surface area contributed by atoms with E-state index >= 15 is 0 Å². The number of hydrogen-bond acceptors (Lipinski definition) is 3. The molecule has 1 atom stereocenters. The zero-order valence-electron chi connectivity index (χ0n) is 8.28. The van der Waals surface area contributed by atoms with Crippen molar-refractivity contribution in [3.8, 4) is 0 Å². The predicted molar refractivity (Wildman–Crippen MR) is 48.6 cm³/mol. The van der Waals surface area contributed by atoms with Crippen LogP contribution >= 0.6 is 0 Å². The number of nitrogens with zero attached hydrogens (tertiary/aromatic N) is 1. The van der Waals surface area contributed by atoms with Crippen molar-refractivity contribution in [2.24, 2.45) is 5.92 Å². The lowest BCUT2D eigenvalue weighted by Gasteiger charge is -2.15. The van der Waals surface area contributed by atoms with Crippen LogP contribution in [0.15, 0.2) is 0 Å². The average molecular weight is 187 g/mol. The van der Waals surface area contributed by atoms with E-state index in [0.29, 0.717) is 19.1 Å². The summed E-state index contributed by atoms with van der Waals surface area (Å²) in [6, 6.07) is 0. The number of hydrogen-bond donors (Lipinski definition) is 0. The Kier molecular flexibility index (Phi) is 4.02. The van der Waals surface area contributed by atoms with E-state index in [1.54, 1.807) is 12.0 Å². The summed E-state index contributed by atoms with van der Waals surface area (Å²) >= 11 is 0. The fraction of sp³-hybridized carbons (Fsp3) is 0.889.